The van der Waals surface area contributed by atoms with Gasteiger partial charge in [-0.25, -0.2) is 0 Å². The van der Waals surface area contributed by atoms with Crippen LogP contribution in [-0.2, 0) is 18.4 Å². The van der Waals surface area contributed by atoms with Crippen LogP contribution in [0.15, 0.2) is 65.1 Å². The number of fused-ring (bicyclic) bond motifs is 1. The SMILES string of the molecule is COc1ccc(CN(CC(C)(C)c2ccccc2)C(=O)c2cc(Br)cc3c2OCC3)cc1OC. The minimum Gasteiger partial charge on any atom is -0.493 e. The molecular formula is C28H30BrNO4. The van der Waals surface area contributed by atoms with Gasteiger partial charge in [0.15, 0.2) is 11.5 Å². The molecule has 3 aromatic carbocycles. The maximum atomic E-state index is 14.0. The van der Waals surface area contributed by atoms with E-state index in [0.29, 0.717) is 42.5 Å². The predicted octanol–water partition coefficient (Wildman–Crippen LogP) is 6.02. The summed E-state index contributed by atoms with van der Waals surface area (Å²) in [7, 11) is 3.23. The number of carbonyl (C=O) groups is 1. The lowest BCUT2D eigenvalue weighted by Crippen LogP contribution is -2.40. The van der Waals surface area contributed by atoms with Gasteiger partial charge < -0.3 is 19.1 Å². The number of ether oxygens (including phenoxy) is 3. The smallest absolute Gasteiger partial charge is 0.257 e. The van der Waals surface area contributed by atoms with Gasteiger partial charge in [-0.05, 0) is 41.0 Å². The normalized spacial score (nSPS) is 12.6. The summed E-state index contributed by atoms with van der Waals surface area (Å²) in [5.41, 5.74) is 3.53. The highest BCUT2D eigenvalue weighted by Crippen LogP contribution is 2.35. The molecule has 0 saturated carbocycles. The van der Waals surface area contributed by atoms with Crippen LogP contribution in [0.5, 0.6) is 17.2 Å². The van der Waals surface area contributed by atoms with Crippen molar-refractivity contribution in [2.45, 2.75) is 32.2 Å². The first-order valence-electron chi connectivity index (χ1n) is 11.3. The summed E-state index contributed by atoms with van der Waals surface area (Å²) in [6, 6.07) is 20.0. The van der Waals surface area contributed by atoms with Crippen LogP contribution in [0.2, 0.25) is 0 Å². The quantitative estimate of drug-likeness (QED) is 0.362. The number of carbonyl (C=O) groups excluding carboxylic acids is 1. The van der Waals surface area contributed by atoms with E-state index in [-0.39, 0.29) is 11.3 Å². The van der Waals surface area contributed by atoms with Crippen molar-refractivity contribution in [3.63, 3.8) is 0 Å². The van der Waals surface area contributed by atoms with Crippen molar-refractivity contribution in [1.82, 2.24) is 4.90 Å². The van der Waals surface area contributed by atoms with Crippen molar-refractivity contribution in [2.75, 3.05) is 27.4 Å². The fourth-order valence-electron chi connectivity index (χ4n) is 4.46. The van der Waals surface area contributed by atoms with Gasteiger partial charge >= 0.3 is 0 Å². The standard InChI is InChI=1S/C28H30BrNO4/c1-28(2,21-8-6-5-7-9-21)18-30(17-19-10-11-24(32-3)25(14-19)33-4)27(31)23-16-22(29)15-20-12-13-34-26(20)23/h5-11,14-16H,12-13,17-18H2,1-4H3. The van der Waals surface area contributed by atoms with Gasteiger partial charge in [0.05, 0.1) is 26.4 Å². The van der Waals surface area contributed by atoms with Crippen molar-refractivity contribution >= 4 is 21.8 Å². The molecule has 5 nitrogen and oxygen atoms in total. The minimum atomic E-state index is -0.260. The van der Waals surface area contributed by atoms with E-state index in [0.717, 1.165) is 22.0 Å². The summed E-state index contributed by atoms with van der Waals surface area (Å²) < 4.78 is 17.6. The zero-order valence-corrected chi connectivity index (χ0v) is 21.6. The number of hydrogen-bond acceptors (Lipinski definition) is 4. The van der Waals surface area contributed by atoms with Crippen LogP contribution < -0.4 is 14.2 Å². The van der Waals surface area contributed by atoms with Gasteiger partial charge in [0, 0.05) is 29.4 Å². The highest BCUT2D eigenvalue weighted by molar-refractivity contribution is 9.10. The monoisotopic (exact) mass is 523 g/mol. The number of rotatable bonds is 8. The number of hydrogen-bond donors (Lipinski definition) is 0. The minimum absolute atomic E-state index is 0.0572. The Balaban J connectivity index is 1.72. The van der Waals surface area contributed by atoms with Gasteiger partial charge in [0.2, 0.25) is 0 Å². The fourth-order valence-corrected chi connectivity index (χ4v) is 4.96. The molecule has 1 aliphatic rings. The molecule has 4 rings (SSSR count). The lowest BCUT2D eigenvalue weighted by molar-refractivity contribution is 0.0704. The molecule has 0 fully saturated rings. The van der Waals surface area contributed by atoms with E-state index in [9.17, 15) is 4.79 Å². The molecule has 0 aromatic heterocycles. The third kappa shape index (κ3) is 5.07. The van der Waals surface area contributed by atoms with E-state index in [1.165, 1.54) is 5.56 Å². The molecule has 0 unspecified atom stereocenters. The Kier molecular flexibility index (Phi) is 7.17. The summed E-state index contributed by atoms with van der Waals surface area (Å²) in [6.07, 6.45) is 0.806. The van der Waals surface area contributed by atoms with E-state index in [1.54, 1.807) is 14.2 Å². The molecule has 178 valence electrons. The van der Waals surface area contributed by atoms with Gasteiger partial charge in [-0.3, -0.25) is 4.79 Å². The zero-order chi connectivity index (χ0) is 24.3. The Bertz CT molecular complexity index is 1180. The third-order valence-corrected chi connectivity index (χ3v) is 6.69. The maximum absolute atomic E-state index is 14.0. The molecule has 1 amide bonds. The Morgan fingerprint density at radius 2 is 1.76 bits per heavy atom. The first-order chi connectivity index (χ1) is 16.3. The summed E-state index contributed by atoms with van der Waals surface area (Å²) in [5.74, 6) is 1.94. The van der Waals surface area contributed by atoms with Crippen molar-refractivity contribution in [3.8, 4) is 17.2 Å². The van der Waals surface area contributed by atoms with Gasteiger partial charge in [0.1, 0.15) is 5.75 Å². The number of amides is 1. The summed E-state index contributed by atoms with van der Waals surface area (Å²) >= 11 is 3.58. The Labute approximate surface area is 209 Å². The largest absolute Gasteiger partial charge is 0.493 e. The molecule has 0 spiro atoms. The Hall–Kier alpha value is -2.99. The van der Waals surface area contributed by atoms with E-state index >= 15 is 0 Å². The molecule has 0 radical (unpaired) electrons. The number of methoxy groups -OCH3 is 2. The summed E-state index contributed by atoms with van der Waals surface area (Å²) in [6.45, 7) is 5.89. The molecule has 0 aliphatic carbocycles. The molecule has 0 bridgehead atoms. The van der Waals surface area contributed by atoms with Crippen molar-refractivity contribution < 1.29 is 19.0 Å². The molecule has 3 aromatic rings. The number of benzene rings is 3. The maximum Gasteiger partial charge on any atom is 0.257 e. The van der Waals surface area contributed by atoms with Crippen LogP contribution >= 0.6 is 15.9 Å². The molecule has 1 aliphatic heterocycles. The third-order valence-electron chi connectivity index (χ3n) is 6.23. The first-order valence-corrected chi connectivity index (χ1v) is 12.1. The molecule has 0 atom stereocenters. The van der Waals surface area contributed by atoms with Crippen LogP contribution in [0.1, 0.15) is 40.9 Å². The molecule has 6 heteroatoms. The van der Waals surface area contributed by atoms with Crippen LogP contribution in [0.25, 0.3) is 0 Å². The fraction of sp³-hybridized carbons (Fsp3) is 0.321. The second kappa shape index (κ2) is 10.1. The highest BCUT2D eigenvalue weighted by atomic mass is 79.9. The second-order valence-corrected chi connectivity index (χ2v) is 10.1. The zero-order valence-electron chi connectivity index (χ0n) is 20.1. The van der Waals surface area contributed by atoms with E-state index in [1.807, 2.05) is 53.4 Å². The Morgan fingerprint density at radius 1 is 1.03 bits per heavy atom. The number of halogens is 1. The van der Waals surface area contributed by atoms with Gasteiger partial charge in [-0.2, -0.15) is 0 Å². The average molecular weight is 524 g/mol. The average Bonchev–Trinajstić information content (AvgIpc) is 3.31. The van der Waals surface area contributed by atoms with Crippen molar-refractivity contribution in [1.29, 1.82) is 0 Å². The van der Waals surface area contributed by atoms with E-state index < -0.39 is 0 Å². The lowest BCUT2D eigenvalue weighted by Gasteiger charge is -2.34. The highest BCUT2D eigenvalue weighted by Gasteiger charge is 2.31. The number of nitrogens with zero attached hydrogens (tertiary/aromatic N) is 1. The van der Waals surface area contributed by atoms with Crippen molar-refractivity contribution in [3.05, 3.63) is 87.4 Å². The summed E-state index contributed by atoms with van der Waals surface area (Å²) in [5, 5.41) is 0. The molecule has 34 heavy (non-hydrogen) atoms. The molecular weight excluding hydrogens is 494 g/mol. The van der Waals surface area contributed by atoms with E-state index in [4.69, 9.17) is 14.2 Å². The van der Waals surface area contributed by atoms with Crippen LogP contribution in [0.4, 0.5) is 0 Å². The molecule has 0 saturated heterocycles. The lowest BCUT2D eigenvalue weighted by atomic mass is 9.84. The topological polar surface area (TPSA) is 48.0 Å². The van der Waals surface area contributed by atoms with E-state index in [2.05, 4.69) is 41.9 Å². The second-order valence-electron chi connectivity index (χ2n) is 9.14. The van der Waals surface area contributed by atoms with Crippen LogP contribution in [0, 0.1) is 0 Å². The van der Waals surface area contributed by atoms with Crippen molar-refractivity contribution in [2.24, 2.45) is 0 Å². The van der Waals surface area contributed by atoms with Gasteiger partial charge in [-0.1, -0.05) is 66.2 Å². The molecule has 1 heterocycles. The predicted molar refractivity (Wildman–Crippen MR) is 137 cm³/mol. The van der Waals surface area contributed by atoms with Gasteiger partial charge in [-0.15, -0.1) is 0 Å². The molecule has 0 N–H and O–H groups in total. The van der Waals surface area contributed by atoms with Crippen LogP contribution in [0.3, 0.4) is 0 Å². The first kappa shape index (κ1) is 24.1. The Morgan fingerprint density at radius 3 is 2.47 bits per heavy atom. The summed E-state index contributed by atoms with van der Waals surface area (Å²) in [4.78, 5) is 15.9. The van der Waals surface area contributed by atoms with Gasteiger partial charge in [0.25, 0.3) is 5.91 Å². The van der Waals surface area contributed by atoms with Crippen LogP contribution in [-0.4, -0.2) is 38.2 Å².